The SMILES string of the molecule is Cc1cc(C(F)(F)F)nn1CC(C)C(=O)N1CCN2CCCC2C1. The Balaban J connectivity index is 1.63. The number of nitrogens with zero attached hydrogens (tertiary/aromatic N) is 4. The van der Waals surface area contributed by atoms with E-state index in [0.717, 1.165) is 32.1 Å². The summed E-state index contributed by atoms with van der Waals surface area (Å²) in [5.41, 5.74) is -0.484. The van der Waals surface area contributed by atoms with Crippen molar-refractivity contribution in [1.82, 2.24) is 19.6 Å². The van der Waals surface area contributed by atoms with Crippen LogP contribution in [-0.2, 0) is 17.5 Å². The molecule has 2 aliphatic heterocycles. The van der Waals surface area contributed by atoms with Gasteiger partial charge in [-0.3, -0.25) is 14.4 Å². The molecule has 8 heteroatoms. The van der Waals surface area contributed by atoms with Crippen molar-refractivity contribution in [3.05, 3.63) is 17.5 Å². The third-order valence-electron chi connectivity index (χ3n) is 5.04. The van der Waals surface area contributed by atoms with Crippen molar-refractivity contribution >= 4 is 5.91 Å². The van der Waals surface area contributed by atoms with E-state index in [2.05, 4.69) is 10.00 Å². The minimum absolute atomic E-state index is 0.00464. The minimum Gasteiger partial charge on any atom is -0.340 e. The quantitative estimate of drug-likeness (QED) is 0.844. The molecule has 0 spiro atoms. The molecule has 0 aromatic carbocycles. The number of alkyl halides is 3. The van der Waals surface area contributed by atoms with Crippen molar-refractivity contribution in [3.8, 4) is 0 Å². The van der Waals surface area contributed by atoms with E-state index in [1.54, 1.807) is 13.8 Å². The van der Waals surface area contributed by atoms with Crippen LogP contribution in [-0.4, -0.2) is 57.7 Å². The van der Waals surface area contributed by atoms with E-state index >= 15 is 0 Å². The fraction of sp³-hybridized carbons (Fsp3) is 0.750. The molecule has 3 rings (SSSR count). The number of carbonyl (C=O) groups is 1. The Bertz CT molecular complexity index is 613. The van der Waals surface area contributed by atoms with Crippen LogP contribution in [0.15, 0.2) is 6.07 Å². The van der Waals surface area contributed by atoms with Gasteiger partial charge in [-0.1, -0.05) is 6.92 Å². The second-order valence-electron chi connectivity index (χ2n) is 6.87. The lowest BCUT2D eigenvalue weighted by molar-refractivity contribution is -0.141. The van der Waals surface area contributed by atoms with Gasteiger partial charge in [-0.15, -0.1) is 0 Å². The molecule has 2 unspecified atom stereocenters. The normalized spacial score (nSPS) is 23.4. The number of amides is 1. The first-order valence-corrected chi connectivity index (χ1v) is 8.40. The van der Waals surface area contributed by atoms with Crippen LogP contribution in [0.2, 0.25) is 0 Å². The summed E-state index contributed by atoms with van der Waals surface area (Å²) < 4.78 is 39.5. The molecule has 0 aliphatic carbocycles. The number of hydrogen-bond donors (Lipinski definition) is 0. The summed E-state index contributed by atoms with van der Waals surface area (Å²) in [5.74, 6) is -0.386. The second-order valence-corrected chi connectivity index (χ2v) is 6.87. The average molecular weight is 344 g/mol. The number of hydrogen-bond acceptors (Lipinski definition) is 3. The zero-order valence-electron chi connectivity index (χ0n) is 14.0. The summed E-state index contributed by atoms with van der Waals surface area (Å²) >= 11 is 0. The Kier molecular flexibility index (Phi) is 4.59. The zero-order valence-corrected chi connectivity index (χ0v) is 14.0. The van der Waals surface area contributed by atoms with Crippen molar-refractivity contribution in [2.45, 2.75) is 45.5 Å². The number of rotatable bonds is 3. The molecule has 24 heavy (non-hydrogen) atoms. The van der Waals surface area contributed by atoms with Gasteiger partial charge in [-0.05, 0) is 32.4 Å². The average Bonchev–Trinajstić information content (AvgIpc) is 3.12. The predicted octanol–water partition coefficient (Wildman–Crippen LogP) is 2.15. The van der Waals surface area contributed by atoms with Gasteiger partial charge in [0.2, 0.25) is 5.91 Å². The van der Waals surface area contributed by atoms with Crippen LogP contribution in [0.4, 0.5) is 13.2 Å². The Morgan fingerprint density at radius 2 is 2.12 bits per heavy atom. The third-order valence-corrected chi connectivity index (χ3v) is 5.04. The summed E-state index contributed by atoms with van der Waals surface area (Å²) in [5, 5.41) is 3.61. The molecule has 5 nitrogen and oxygen atoms in total. The lowest BCUT2D eigenvalue weighted by Gasteiger charge is -2.38. The maximum absolute atomic E-state index is 12.7. The van der Waals surface area contributed by atoms with Crippen molar-refractivity contribution in [2.75, 3.05) is 26.2 Å². The van der Waals surface area contributed by atoms with Crippen molar-refractivity contribution in [1.29, 1.82) is 0 Å². The van der Waals surface area contributed by atoms with Crippen LogP contribution >= 0.6 is 0 Å². The number of aromatic nitrogens is 2. The van der Waals surface area contributed by atoms with Gasteiger partial charge in [-0.25, -0.2) is 0 Å². The van der Waals surface area contributed by atoms with Crippen molar-refractivity contribution in [2.24, 2.45) is 5.92 Å². The molecule has 2 atom stereocenters. The first-order chi connectivity index (χ1) is 11.3. The van der Waals surface area contributed by atoms with E-state index in [4.69, 9.17) is 0 Å². The largest absolute Gasteiger partial charge is 0.435 e. The Hall–Kier alpha value is -1.57. The van der Waals surface area contributed by atoms with Gasteiger partial charge < -0.3 is 4.90 Å². The fourth-order valence-corrected chi connectivity index (χ4v) is 3.67. The van der Waals surface area contributed by atoms with Crippen LogP contribution < -0.4 is 0 Å². The molecule has 2 fully saturated rings. The van der Waals surface area contributed by atoms with Gasteiger partial charge in [0.05, 0.1) is 12.5 Å². The first-order valence-electron chi connectivity index (χ1n) is 8.40. The number of aryl methyl sites for hydroxylation is 1. The van der Waals surface area contributed by atoms with Gasteiger partial charge in [0.1, 0.15) is 0 Å². The lowest BCUT2D eigenvalue weighted by Crippen LogP contribution is -2.53. The van der Waals surface area contributed by atoms with E-state index < -0.39 is 17.8 Å². The summed E-state index contributed by atoms with van der Waals surface area (Å²) in [4.78, 5) is 16.9. The summed E-state index contributed by atoms with van der Waals surface area (Å²) in [6.07, 6.45) is -2.16. The maximum atomic E-state index is 12.7. The van der Waals surface area contributed by atoms with E-state index in [1.807, 2.05) is 4.90 Å². The standard InChI is InChI=1S/C16H23F3N4O/c1-11(9-23-12(2)8-14(20-23)16(17,18)19)15(24)22-7-6-21-5-3-4-13(21)10-22/h8,11,13H,3-7,9-10H2,1-2H3. The van der Waals surface area contributed by atoms with Crippen LogP contribution in [0.1, 0.15) is 31.2 Å². The second kappa shape index (κ2) is 6.38. The van der Waals surface area contributed by atoms with E-state index in [9.17, 15) is 18.0 Å². The lowest BCUT2D eigenvalue weighted by atomic mass is 10.1. The number of piperazine rings is 1. The Morgan fingerprint density at radius 1 is 1.38 bits per heavy atom. The van der Waals surface area contributed by atoms with E-state index in [1.165, 1.54) is 11.1 Å². The van der Waals surface area contributed by atoms with E-state index in [-0.39, 0.29) is 12.5 Å². The topological polar surface area (TPSA) is 41.4 Å². The summed E-state index contributed by atoms with van der Waals surface area (Å²) in [7, 11) is 0. The molecule has 0 radical (unpaired) electrons. The summed E-state index contributed by atoms with van der Waals surface area (Å²) in [6, 6.07) is 1.47. The maximum Gasteiger partial charge on any atom is 0.435 e. The molecular formula is C16H23F3N4O. The summed E-state index contributed by atoms with van der Waals surface area (Å²) in [6.45, 7) is 6.94. The fourth-order valence-electron chi connectivity index (χ4n) is 3.67. The molecule has 1 aromatic heterocycles. The molecule has 2 saturated heterocycles. The molecular weight excluding hydrogens is 321 g/mol. The van der Waals surface area contributed by atoms with Crippen LogP contribution in [0.25, 0.3) is 0 Å². The highest BCUT2D eigenvalue weighted by Gasteiger charge is 2.36. The third kappa shape index (κ3) is 3.43. The molecule has 0 saturated carbocycles. The number of halogens is 3. The molecule has 2 aliphatic rings. The van der Waals surface area contributed by atoms with Crippen molar-refractivity contribution in [3.63, 3.8) is 0 Å². The highest BCUT2D eigenvalue weighted by Crippen LogP contribution is 2.29. The molecule has 134 valence electrons. The van der Waals surface area contributed by atoms with Gasteiger partial charge in [-0.2, -0.15) is 18.3 Å². The predicted molar refractivity (Wildman–Crippen MR) is 82.3 cm³/mol. The van der Waals surface area contributed by atoms with Gasteiger partial charge in [0.15, 0.2) is 5.69 Å². The smallest absolute Gasteiger partial charge is 0.340 e. The van der Waals surface area contributed by atoms with E-state index in [0.29, 0.717) is 18.3 Å². The number of fused-ring (bicyclic) bond motifs is 1. The first kappa shape index (κ1) is 17.3. The van der Waals surface area contributed by atoms with Gasteiger partial charge >= 0.3 is 6.18 Å². The highest BCUT2D eigenvalue weighted by atomic mass is 19.4. The number of carbonyl (C=O) groups excluding carboxylic acids is 1. The monoisotopic (exact) mass is 344 g/mol. The highest BCUT2D eigenvalue weighted by molar-refractivity contribution is 5.78. The van der Waals surface area contributed by atoms with Gasteiger partial charge in [0, 0.05) is 31.4 Å². The Morgan fingerprint density at radius 3 is 2.79 bits per heavy atom. The molecule has 0 N–H and O–H groups in total. The Labute approximate surface area is 139 Å². The molecule has 1 aromatic rings. The van der Waals surface area contributed by atoms with Crippen LogP contribution in [0, 0.1) is 12.8 Å². The molecule has 3 heterocycles. The van der Waals surface area contributed by atoms with Gasteiger partial charge in [0.25, 0.3) is 0 Å². The minimum atomic E-state index is -4.46. The van der Waals surface area contributed by atoms with Crippen LogP contribution in [0.3, 0.4) is 0 Å². The molecule has 1 amide bonds. The van der Waals surface area contributed by atoms with Crippen molar-refractivity contribution < 1.29 is 18.0 Å². The zero-order chi connectivity index (χ0) is 17.5. The van der Waals surface area contributed by atoms with Crippen LogP contribution in [0.5, 0.6) is 0 Å². The molecule has 0 bridgehead atoms.